The molecule has 0 amide bonds. The van der Waals surface area contributed by atoms with Gasteiger partial charge >= 0.3 is 5.69 Å². The van der Waals surface area contributed by atoms with Gasteiger partial charge in [0.15, 0.2) is 0 Å². The second kappa shape index (κ2) is 8.38. The first-order valence-corrected chi connectivity index (χ1v) is 10.3. The number of nitrogens with zero attached hydrogens (tertiary/aromatic N) is 2. The number of hydrogen-bond donors (Lipinski definition) is 1. The molecule has 3 aromatic rings. The van der Waals surface area contributed by atoms with Crippen molar-refractivity contribution in [2.24, 2.45) is 0 Å². The lowest BCUT2D eigenvalue weighted by atomic mass is 10.0. The van der Waals surface area contributed by atoms with Gasteiger partial charge in [-0.2, -0.15) is 0 Å². The maximum Gasteiger partial charge on any atom is 0.326 e. The van der Waals surface area contributed by atoms with Gasteiger partial charge in [-0.25, -0.2) is 4.79 Å². The highest BCUT2D eigenvalue weighted by molar-refractivity contribution is 6.30. The van der Waals surface area contributed by atoms with E-state index in [2.05, 4.69) is 40.2 Å². The number of nitrogens with one attached hydrogen (secondary N) is 1. The van der Waals surface area contributed by atoms with Gasteiger partial charge in [-0.15, -0.1) is 0 Å². The van der Waals surface area contributed by atoms with E-state index in [1.807, 2.05) is 35.8 Å². The molecule has 1 fully saturated rings. The number of H-pyrrole nitrogens is 1. The zero-order valence-electron chi connectivity index (χ0n) is 16.2. The number of aromatic amines is 1. The summed E-state index contributed by atoms with van der Waals surface area (Å²) in [5, 5.41) is 0.706. The Kier molecular flexibility index (Phi) is 5.69. The first kappa shape index (κ1) is 19.0. The van der Waals surface area contributed by atoms with Gasteiger partial charge < -0.3 is 9.88 Å². The average molecular weight is 396 g/mol. The molecular formula is C23H26ClN3O. The summed E-state index contributed by atoms with van der Waals surface area (Å²) in [5.74, 6) is 0. The van der Waals surface area contributed by atoms with Crippen molar-refractivity contribution >= 4 is 11.6 Å². The van der Waals surface area contributed by atoms with E-state index >= 15 is 0 Å². The van der Waals surface area contributed by atoms with Crippen LogP contribution in [-0.4, -0.2) is 34.1 Å². The summed E-state index contributed by atoms with van der Waals surface area (Å²) in [5.41, 5.74) is 4.31. The van der Waals surface area contributed by atoms with Crippen molar-refractivity contribution in [3.63, 3.8) is 0 Å². The average Bonchev–Trinajstić information content (AvgIpc) is 3.02. The van der Waals surface area contributed by atoms with Gasteiger partial charge in [-0.1, -0.05) is 54.1 Å². The van der Waals surface area contributed by atoms with Crippen LogP contribution in [0.2, 0.25) is 5.02 Å². The van der Waals surface area contributed by atoms with E-state index in [4.69, 9.17) is 11.6 Å². The maximum atomic E-state index is 12.7. The van der Waals surface area contributed by atoms with Gasteiger partial charge in [-0.3, -0.25) is 4.57 Å². The molecule has 28 heavy (non-hydrogen) atoms. The van der Waals surface area contributed by atoms with Crippen molar-refractivity contribution in [2.75, 3.05) is 19.6 Å². The van der Waals surface area contributed by atoms with E-state index in [1.165, 1.54) is 5.56 Å². The minimum Gasteiger partial charge on any atom is -0.309 e. The van der Waals surface area contributed by atoms with E-state index in [1.54, 1.807) is 0 Å². The first-order valence-electron chi connectivity index (χ1n) is 9.95. The highest BCUT2D eigenvalue weighted by atomic mass is 35.5. The minimum atomic E-state index is -0.00909. The van der Waals surface area contributed by atoms with Crippen LogP contribution in [0.3, 0.4) is 0 Å². The Morgan fingerprint density at radius 1 is 1.04 bits per heavy atom. The molecule has 0 unspecified atom stereocenters. The number of aromatic nitrogens is 2. The molecule has 0 spiro atoms. The van der Waals surface area contributed by atoms with Crippen LogP contribution in [0.15, 0.2) is 59.4 Å². The second-order valence-corrected chi connectivity index (χ2v) is 8.03. The highest BCUT2D eigenvalue weighted by Gasteiger charge is 2.25. The van der Waals surface area contributed by atoms with Crippen LogP contribution in [0, 0.1) is 6.92 Å². The largest absolute Gasteiger partial charge is 0.326 e. The summed E-state index contributed by atoms with van der Waals surface area (Å²) < 4.78 is 1.97. The second-order valence-electron chi connectivity index (χ2n) is 7.59. The molecule has 0 radical (unpaired) electrons. The number of imidazole rings is 1. The minimum absolute atomic E-state index is 0.00909. The van der Waals surface area contributed by atoms with Crippen molar-refractivity contribution in [3.05, 3.63) is 81.4 Å². The molecular weight excluding hydrogens is 370 g/mol. The van der Waals surface area contributed by atoms with Gasteiger partial charge in [0.2, 0.25) is 0 Å². The summed E-state index contributed by atoms with van der Waals surface area (Å²) in [7, 11) is 0. The van der Waals surface area contributed by atoms with Crippen LogP contribution in [0.5, 0.6) is 0 Å². The van der Waals surface area contributed by atoms with E-state index < -0.39 is 0 Å². The van der Waals surface area contributed by atoms with Gasteiger partial charge in [0, 0.05) is 42.0 Å². The molecule has 1 aliphatic heterocycles. The molecule has 4 rings (SSSR count). The Balaban J connectivity index is 1.46. The van der Waals surface area contributed by atoms with Crippen LogP contribution in [0.4, 0.5) is 0 Å². The third kappa shape index (κ3) is 4.08. The van der Waals surface area contributed by atoms with Crippen LogP contribution in [0.1, 0.15) is 30.1 Å². The molecule has 1 aromatic heterocycles. The van der Waals surface area contributed by atoms with Crippen LogP contribution >= 0.6 is 11.6 Å². The fraction of sp³-hybridized carbons (Fsp3) is 0.348. The van der Waals surface area contributed by atoms with E-state index in [0.29, 0.717) is 5.02 Å². The zero-order chi connectivity index (χ0) is 19.5. The van der Waals surface area contributed by atoms with Crippen LogP contribution in [-0.2, 0) is 6.42 Å². The lowest BCUT2D eigenvalue weighted by Crippen LogP contribution is -2.38. The predicted octanol–water partition coefficient (Wildman–Crippen LogP) is 4.68. The molecule has 2 heterocycles. The van der Waals surface area contributed by atoms with Gasteiger partial charge in [0.05, 0.1) is 5.69 Å². The lowest BCUT2D eigenvalue weighted by Gasteiger charge is -2.33. The van der Waals surface area contributed by atoms with Crippen LogP contribution in [0.25, 0.3) is 11.3 Å². The summed E-state index contributed by atoms with van der Waals surface area (Å²) in [6.07, 6.45) is 3.06. The number of aryl methyl sites for hydroxylation is 1. The van der Waals surface area contributed by atoms with E-state index in [0.717, 1.165) is 55.8 Å². The maximum absolute atomic E-state index is 12.7. The molecule has 1 saturated heterocycles. The third-order valence-electron chi connectivity index (χ3n) is 5.71. The molecule has 1 aliphatic rings. The Morgan fingerprint density at radius 2 is 1.71 bits per heavy atom. The Bertz CT molecular complexity index is 967. The molecule has 2 aromatic carbocycles. The van der Waals surface area contributed by atoms with Crippen molar-refractivity contribution < 1.29 is 0 Å². The molecule has 146 valence electrons. The predicted molar refractivity (Wildman–Crippen MR) is 115 cm³/mol. The fourth-order valence-corrected chi connectivity index (χ4v) is 4.33. The summed E-state index contributed by atoms with van der Waals surface area (Å²) in [4.78, 5) is 18.2. The Hall–Kier alpha value is -2.30. The first-order chi connectivity index (χ1) is 13.6. The zero-order valence-corrected chi connectivity index (χ0v) is 17.0. The third-order valence-corrected chi connectivity index (χ3v) is 5.96. The molecule has 5 heteroatoms. The standard InChI is InChI=1S/C23H26ClN3O/c1-17-22(19-7-9-20(24)10-8-19)27(23(28)25-17)21-12-15-26(16-13-21)14-11-18-5-3-2-4-6-18/h2-10,21H,11-16H2,1H3,(H,25,28). The topological polar surface area (TPSA) is 41.0 Å². The Labute approximate surface area is 170 Å². The molecule has 0 saturated carbocycles. The Morgan fingerprint density at radius 3 is 2.39 bits per heavy atom. The summed E-state index contributed by atoms with van der Waals surface area (Å²) >= 11 is 6.04. The van der Waals surface area contributed by atoms with Crippen molar-refractivity contribution in [1.29, 1.82) is 0 Å². The number of piperidine rings is 1. The van der Waals surface area contributed by atoms with Crippen molar-refractivity contribution in [3.8, 4) is 11.3 Å². The van der Waals surface area contributed by atoms with E-state index in [9.17, 15) is 4.79 Å². The van der Waals surface area contributed by atoms with E-state index in [-0.39, 0.29) is 11.7 Å². The van der Waals surface area contributed by atoms with Crippen molar-refractivity contribution in [1.82, 2.24) is 14.5 Å². The fourth-order valence-electron chi connectivity index (χ4n) is 4.21. The summed E-state index contributed by atoms with van der Waals surface area (Å²) in [6, 6.07) is 18.6. The molecule has 0 atom stereocenters. The highest BCUT2D eigenvalue weighted by Crippen LogP contribution is 2.30. The van der Waals surface area contributed by atoms with Crippen LogP contribution < -0.4 is 5.69 Å². The summed E-state index contributed by atoms with van der Waals surface area (Å²) in [6.45, 7) is 5.08. The smallest absolute Gasteiger partial charge is 0.309 e. The number of halogens is 1. The number of hydrogen-bond acceptors (Lipinski definition) is 2. The normalized spacial score (nSPS) is 15.8. The monoisotopic (exact) mass is 395 g/mol. The van der Waals surface area contributed by atoms with Gasteiger partial charge in [-0.05, 0) is 43.9 Å². The van der Waals surface area contributed by atoms with Gasteiger partial charge in [0.1, 0.15) is 0 Å². The number of likely N-dealkylation sites (tertiary alicyclic amines) is 1. The SMILES string of the molecule is Cc1[nH]c(=O)n(C2CCN(CCc3ccccc3)CC2)c1-c1ccc(Cl)cc1. The number of rotatable bonds is 5. The molecule has 1 N–H and O–H groups in total. The molecule has 4 nitrogen and oxygen atoms in total. The quantitative estimate of drug-likeness (QED) is 0.681. The molecule has 0 bridgehead atoms. The van der Waals surface area contributed by atoms with Gasteiger partial charge in [0.25, 0.3) is 0 Å². The van der Waals surface area contributed by atoms with Crippen molar-refractivity contribution in [2.45, 2.75) is 32.2 Å². The lowest BCUT2D eigenvalue weighted by molar-refractivity contribution is 0.187. The number of benzene rings is 2. The molecule has 0 aliphatic carbocycles.